The van der Waals surface area contributed by atoms with Crippen LogP contribution in [0.1, 0.15) is 16.7 Å². The van der Waals surface area contributed by atoms with E-state index in [0.29, 0.717) is 10.2 Å². The first-order valence-corrected chi connectivity index (χ1v) is 12.8. The number of halogens is 1. The van der Waals surface area contributed by atoms with Crippen LogP contribution in [-0.4, -0.2) is 25.1 Å². The van der Waals surface area contributed by atoms with Crippen LogP contribution in [0.25, 0.3) is 10.2 Å². The summed E-state index contributed by atoms with van der Waals surface area (Å²) < 4.78 is 26.7. The van der Waals surface area contributed by atoms with E-state index < -0.39 is 21.5 Å². The number of aryl methyl sites for hydroxylation is 2. The Kier molecular flexibility index (Phi) is 6.33. The van der Waals surface area contributed by atoms with Gasteiger partial charge in [-0.05, 0) is 66.9 Å². The molecule has 0 spiro atoms. The van der Waals surface area contributed by atoms with Crippen LogP contribution >= 0.6 is 22.9 Å². The summed E-state index contributed by atoms with van der Waals surface area (Å²) in [6.45, 7) is 4.27. The number of fused-ring (bicyclic) bond motifs is 1. The van der Waals surface area contributed by atoms with Crippen LogP contribution in [0, 0.1) is 13.8 Å². The number of sulfone groups is 1. The van der Waals surface area contributed by atoms with Gasteiger partial charge in [-0.15, -0.1) is 0 Å². The van der Waals surface area contributed by atoms with Crippen LogP contribution in [0.4, 0.5) is 5.13 Å². The van der Waals surface area contributed by atoms with Crippen molar-refractivity contribution < 1.29 is 13.2 Å². The first-order valence-electron chi connectivity index (χ1n) is 9.93. The summed E-state index contributed by atoms with van der Waals surface area (Å²) in [6, 6.07) is 19.3. The molecular weight excluding hydrogens is 464 g/mol. The highest BCUT2D eigenvalue weighted by Gasteiger charge is 2.27. The minimum Gasteiger partial charge on any atom is -0.283 e. The third kappa shape index (κ3) is 4.85. The van der Waals surface area contributed by atoms with E-state index in [0.717, 1.165) is 26.9 Å². The van der Waals surface area contributed by atoms with E-state index >= 15 is 0 Å². The SMILES string of the molecule is Cc1cc2nc(N(Cc3ccccc3)C(=O)CS(=O)(=O)c3ccc(Cl)cc3)sc2cc1C. The van der Waals surface area contributed by atoms with Gasteiger partial charge in [-0.25, -0.2) is 13.4 Å². The van der Waals surface area contributed by atoms with Gasteiger partial charge in [0.05, 0.1) is 21.7 Å². The minimum atomic E-state index is -3.84. The van der Waals surface area contributed by atoms with E-state index in [1.807, 2.05) is 56.3 Å². The summed E-state index contributed by atoms with van der Waals surface area (Å²) in [7, 11) is -3.84. The van der Waals surface area contributed by atoms with E-state index in [9.17, 15) is 13.2 Å². The van der Waals surface area contributed by atoms with Crippen LogP contribution in [-0.2, 0) is 21.2 Å². The first kappa shape index (κ1) is 22.5. The molecule has 3 aromatic carbocycles. The number of aromatic nitrogens is 1. The average Bonchev–Trinajstić information content (AvgIpc) is 3.15. The minimum absolute atomic E-state index is 0.0606. The highest BCUT2D eigenvalue weighted by atomic mass is 35.5. The molecular formula is C24H21ClN2O3S2. The van der Waals surface area contributed by atoms with Crippen molar-refractivity contribution in [2.75, 3.05) is 10.7 Å². The Morgan fingerprint density at radius 3 is 2.34 bits per heavy atom. The quantitative estimate of drug-likeness (QED) is 0.358. The molecule has 5 nitrogen and oxygen atoms in total. The number of carbonyl (C=O) groups excluding carboxylic acids is 1. The lowest BCUT2D eigenvalue weighted by atomic mass is 10.1. The second kappa shape index (κ2) is 9.02. The topological polar surface area (TPSA) is 67.3 Å². The molecule has 0 aliphatic carbocycles. The molecule has 0 N–H and O–H groups in total. The van der Waals surface area contributed by atoms with Gasteiger partial charge in [0, 0.05) is 5.02 Å². The monoisotopic (exact) mass is 484 g/mol. The first-order chi connectivity index (χ1) is 15.2. The molecule has 0 unspecified atom stereocenters. The van der Waals surface area contributed by atoms with Crippen molar-refractivity contribution in [1.29, 1.82) is 0 Å². The van der Waals surface area contributed by atoms with Gasteiger partial charge in [0.15, 0.2) is 15.0 Å². The molecule has 1 amide bonds. The fraction of sp³-hybridized carbons (Fsp3) is 0.167. The summed E-state index contributed by atoms with van der Waals surface area (Å²) in [6.07, 6.45) is 0. The molecule has 0 bridgehead atoms. The third-order valence-corrected chi connectivity index (χ3v) is 8.10. The number of nitrogens with zero attached hydrogens (tertiary/aromatic N) is 2. The summed E-state index contributed by atoms with van der Waals surface area (Å²) in [4.78, 5) is 19.5. The maximum Gasteiger partial charge on any atom is 0.244 e. The molecule has 0 radical (unpaired) electrons. The van der Waals surface area contributed by atoms with E-state index in [2.05, 4.69) is 4.98 Å². The van der Waals surface area contributed by atoms with Gasteiger partial charge < -0.3 is 0 Å². The number of amides is 1. The molecule has 0 saturated carbocycles. The van der Waals surface area contributed by atoms with Crippen LogP contribution in [0.2, 0.25) is 5.02 Å². The smallest absolute Gasteiger partial charge is 0.244 e. The highest BCUT2D eigenvalue weighted by Crippen LogP contribution is 2.32. The van der Waals surface area contributed by atoms with Crippen molar-refractivity contribution >= 4 is 54.0 Å². The van der Waals surface area contributed by atoms with Gasteiger partial charge in [0.2, 0.25) is 5.91 Å². The molecule has 1 aromatic heterocycles. The van der Waals surface area contributed by atoms with Crippen molar-refractivity contribution in [3.05, 3.63) is 88.4 Å². The second-order valence-electron chi connectivity index (χ2n) is 7.58. The molecule has 0 fully saturated rings. The standard InChI is InChI=1S/C24H21ClN2O3S2/c1-16-12-21-22(13-17(16)2)31-24(26-21)27(14-18-6-4-3-5-7-18)23(28)15-32(29,30)20-10-8-19(25)9-11-20/h3-13H,14-15H2,1-2H3. The molecule has 1 heterocycles. The number of carbonyl (C=O) groups is 1. The lowest BCUT2D eigenvalue weighted by Gasteiger charge is -2.20. The molecule has 0 aliphatic heterocycles. The Labute approximate surface area is 196 Å². The lowest BCUT2D eigenvalue weighted by Crippen LogP contribution is -2.35. The predicted molar refractivity (Wildman–Crippen MR) is 130 cm³/mol. The largest absolute Gasteiger partial charge is 0.283 e. The van der Waals surface area contributed by atoms with Gasteiger partial charge in [0.1, 0.15) is 5.75 Å². The Hall–Kier alpha value is -2.74. The van der Waals surface area contributed by atoms with E-state index in [4.69, 9.17) is 11.6 Å². The molecule has 4 rings (SSSR count). The normalized spacial score (nSPS) is 11.6. The maximum atomic E-state index is 13.3. The molecule has 4 aromatic rings. The molecule has 32 heavy (non-hydrogen) atoms. The maximum absolute atomic E-state index is 13.3. The van der Waals surface area contributed by atoms with Crippen LogP contribution in [0.15, 0.2) is 71.6 Å². The van der Waals surface area contributed by atoms with Crippen molar-refractivity contribution in [1.82, 2.24) is 4.98 Å². The Bertz CT molecular complexity index is 1340. The molecule has 8 heteroatoms. The number of hydrogen-bond donors (Lipinski definition) is 0. The zero-order chi connectivity index (χ0) is 22.9. The Morgan fingerprint density at radius 1 is 1.00 bits per heavy atom. The fourth-order valence-electron chi connectivity index (χ4n) is 3.28. The summed E-state index contributed by atoms with van der Waals surface area (Å²) in [5, 5.41) is 0.909. The van der Waals surface area contributed by atoms with Crippen LogP contribution in [0.5, 0.6) is 0 Å². The number of benzene rings is 3. The van der Waals surface area contributed by atoms with Crippen molar-refractivity contribution in [2.24, 2.45) is 0 Å². The van der Waals surface area contributed by atoms with Crippen molar-refractivity contribution in [3.63, 3.8) is 0 Å². The highest BCUT2D eigenvalue weighted by molar-refractivity contribution is 7.92. The summed E-state index contributed by atoms with van der Waals surface area (Å²) >= 11 is 7.25. The summed E-state index contributed by atoms with van der Waals surface area (Å²) in [5.74, 6) is -1.19. The third-order valence-electron chi connectivity index (χ3n) is 5.19. The van der Waals surface area contributed by atoms with E-state index in [1.165, 1.54) is 40.5 Å². The van der Waals surface area contributed by atoms with E-state index in [-0.39, 0.29) is 11.4 Å². The second-order valence-corrected chi connectivity index (χ2v) is 11.0. The van der Waals surface area contributed by atoms with Crippen LogP contribution < -0.4 is 4.90 Å². The number of rotatable bonds is 6. The molecule has 164 valence electrons. The number of anilines is 1. The average molecular weight is 485 g/mol. The van der Waals surface area contributed by atoms with Crippen LogP contribution in [0.3, 0.4) is 0 Å². The Balaban J connectivity index is 1.70. The molecule has 0 saturated heterocycles. The molecule has 0 atom stereocenters. The van der Waals surface area contributed by atoms with E-state index in [1.54, 1.807) is 0 Å². The summed E-state index contributed by atoms with van der Waals surface area (Å²) in [5.41, 5.74) is 3.93. The number of hydrogen-bond acceptors (Lipinski definition) is 5. The lowest BCUT2D eigenvalue weighted by molar-refractivity contribution is -0.116. The van der Waals surface area contributed by atoms with Gasteiger partial charge >= 0.3 is 0 Å². The van der Waals surface area contributed by atoms with Gasteiger partial charge in [0.25, 0.3) is 0 Å². The van der Waals surface area contributed by atoms with Gasteiger partial charge in [-0.2, -0.15) is 0 Å². The number of thiazole rings is 1. The Morgan fingerprint density at radius 2 is 1.66 bits per heavy atom. The fourth-order valence-corrected chi connectivity index (χ4v) is 5.66. The van der Waals surface area contributed by atoms with Gasteiger partial charge in [-0.1, -0.05) is 53.3 Å². The van der Waals surface area contributed by atoms with Crippen molar-refractivity contribution in [3.8, 4) is 0 Å². The zero-order valence-electron chi connectivity index (χ0n) is 17.6. The van der Waals surface area contributed by atoms with Crippen molar-refractivity contribution in [2.45, 2.75) is 25.3 Å². The van der Waals surface area contributed by atoms with Gasteiger partial charge in [-0.3, -0.25) is 9.69 Å². The zero-order valence-corrected chi connectivity index (χ0v) is 20.0. The predicted octanol–water partition coefficient (Wildman–Crippen LogP) is 5.57. The molecule has 0 aliphatic rings.